The number of aryl methyl sites for hydroxylation is 1. The Labute approximate surface area is 158 Å². The minimum Gasteiger partial charge on any atom is -0.619 e. The summed E-state index contributed by atoms with van der Waals surface area (Å²) in [5.41, 5.74) is 6.08. The Morgan fingerprint density at radius 3 is 2.96 bits per heavy atom. The van der Waals surface area contributed by atoms with Crippen molar-refractivity contribution in [3.63, 3.8) is 0 Å². The lowest BCUT2D eigenvalue weighted by Gasteiger charge is -2.24. The summed E-state index contributed by atoms with van der Waals surface area (Å²) in [7, 11) is 0. The monoisotopic (exact) mass is 362 g/mol. The number of carbonyl (C=O) groups excluding carboxylic acids is 1. The van der Waals surface area contributed by atoms with Gasteiger partial charge in [-0.2, -0.15) is 9.83 Å². The van der Waals surface area contributed by atoms with E-state index in [1.165, 1.54) is 23.5 Å². The van der Waals surface area contributed by atoms with E-state index in [0.29, 0.717) is 10.3 Å². The molecule has 4 rings (SSSR count). The first kappa shape index (κ1) is 17.3. The molecule has 0 saturated heterocycles. The fourth-order valence-electron chi connectivity index (χ4n) is 3.71. The van der Waals surface area contributed by atoms with Crippen molar-refractivity contribution in [2.24, 2.45) is 0 Å². The Balaban J connectivity index is 1.64. The van der Waals surface area contributed by atoms with Crippen molar-refractivity contribution in [2.45, 2.75) is 39.2 Å². The molecule has 0 bridgehead atoms. The van der Waals surface area contributed by atoms with Gasteiger partial charge < -0.3 is 10.5 Å². The number of hydrogen-bond acceptors (Lipinski definition) is 3. The Morgan fingerprint density at radius 1 is 1.30 bits per heavy atom. The highest BCUT2D eigenvalue weighted by molar-refractivity contribution is 5.93. The van der Waals surface area contributed by atoms with Crippen LogP contribution < -0.4 is 10.0 Å². The van der Waals surface area contributed by atoms with E-state index in [2.05, 4.69) is 36.4 Å². The molecule has 0 unspecified atom stereocenters. The second kappa shape index (κ2) is 6.87. The molecule has 1 N–H and O–H groups in total. The van der Waals surface area contributed by atoms with Crippen molar-refractivity contribution >= 4 is 5.91 Å². The van der Waals surface area contributed by atoms with E-state index >= 15 is 0 Å². The predicted molar refractivity (Wildman–Crippen MR) is 102 cm³/mol. The molecule has 138 valence electrons. The van der Waals surface area contributed by atoms with Gasteiger partial charge in [0.25, 0.3) is 5.91 Å². The van der Waals surface area contributed by atoms with Gasteiger partial charge in [-0.1, -0.05) is 12.1 Å². The van der Waals surface area contributed by atoms with Gasteiger partial charge in [0.15, 0.2) is 12.4 Å². The number of carbonyl (C=O) groups is 1. The van der Waals surface area contributed by atoms with Gasteiger partial charge in [0.05, 0.1) is 17.9 Å². The van der Waals surface area contributed by atoms with Gasteiger partial charge in [-0.3, -0.25) is 4.79 Å². The molecule has 0 fully saturated rings. The normalized spacial score (nSPS) is 16.0. The third kappa shape index (κ3) is 3.18. The zero-order valence-electron chi connectivity index (χ0n) is 15.5. The van der Waals surface area contributed by atoms with E-state index in [4.69, 9.17) is 0 Å². The smallest absolute Gasteiger partial charge is 0.257 e. The summed E-state index contributed by atoms with van der Waals surface area (Å²) in [6, 6.07) is 9.34. The van der Waals surface area contributed by atoms with Crippen LogP contribution in [0.15, 0.2) is 48.9 Å². The molecule has 1 atom stereocenters. The quantitative estimate of drug-likeness (QED) is 0.575. The second-order valence-electron chi connectivity index (χ2n) is 7.05. The van der Waals surface area contributed by atoms with Crippen LogP contribution in [-0.2, 0) is 6.42 Å². The summed E-state index contributed by atoms with van der Waals surface area (Å²) in [5, 5.41) is 19.1. The Kier molecular flexibility index (Phi) is 4.39. The average Bonchev–Trinajstić information content (AvgIpc) is 3.09. The Hall–Kier alpha value is -3.15. The van der Waals surface area contributed by atoms with Gasteiger partial charge in [0.1, 0.15) is 5.56 Å². The Morgan fingerprint density at radius 2 is 2.15 bits per heavy atom. The van der Waals surface area contributed by atoms with E-state index < -0.39 is 0 Å². The molecule has 0 aliphatic heterocycles. The van der Waals surface area contributed by atoms with Crippen LogP contribution in [0.5, 0.6) is 0 Å². The summed E-state index contributed by atoms with van der Waals surface area (Å²) in [6.45, 7) is 4.20. The van der Waals surface area contributed by atoms with Crippen LogP contribution in [0.1, 0.15) is 51.6 Å². The van der Waals surface area contributed by atoms with E-state index in [1.54, 1.807) is 12.1 Å². The first-order valence-electron chi connectivity index (χ1n) is 9.17. The number of benzene rings is 1. The van der Waals surface area contributed by atoms with Gasteiger partial charge in [0.2, 0.25) is 0 Å². The van der Waals surface area contributed by atoms with Crippen LogP contribution in [0.4, 0.5) is 0 Å². The number of pyridine rings is 1. The number of fused-ring (bicyclic) bond motifs is 1. The minimum absolute atomic E-state index is 0.0968. The lowest BCUT2D eigenvalue weighted by atomic mass is 9.92. The topological polar surface area (TPSA) is 73.9 Å². The third-order valence-corrected chi connectivity index (χ3v) is 5.33. The molecule has 0 saturated carbocycles. The third-order valence-electron chi connectivity index (χ3n) is 5.33. The highest BCUT2D eigenvalue weighted by Crippen LogP contribution is 2.32. The first-order valence-corrected chi connectivity index (χ1v) is 9.17. The van der Waals surface area contributed by atoms with Gasteiger partial charge in [-0.05, 0) is 56.4 Å². The summed E-state index contributed by atoms with van der Waals surface area (Å²) in [4.78, 5) is 12.6. The maximum Gasteiger partial charge on any atom is 0.257 e. The molecule has 0 spiro atoms. The number of amides is 1. The standard InChI is InChI=1S/C21H22N4O2/c1-14-6-3-9-19(15(14)2)25-20-10-4-8-18(17(20)12-22-25)23-21(26)16-7-5-11-24(27)13-16/h3,5-7,9,11-13,18H,4,8,10H2,1-2H3,(H,23,26)/t18-/m0/s1. The van der Waals surface area contributed by atoms with Crippen LogP contribution in [0.2, 0.25) is 0 Å². The molecule has 2 heterocycles. The van der Waals surface area contributed by atoms with Crippen LogP contribution in [-0.4, -0.2) is 15.7 Å². The van der Waals surface area contributed by atoms with Crippen molar-refractivity contribution in [2.75, 3.05) is 0 Å². The van der Waals surface area contributed by atoms with Crippen LogP contribution in [0.3, 0.4) is 0 Å². The fourth-order valence-corrected chi connectivity index (χ4v) is 3.71. The molecular formula is C21H22N4O2. The molecule has 3 aromatic rings. The summed E-state index contributed by atoms with van der Waals surface area (Å²) < 4.78 is 2.64. The highest BCUT2D eigenvalue weighted by Gasteiger charge is 2.27. The van der Waals surface area contributed by atoms with E-state index in [-0.39, 0.29) is 11.9 Å². The zero-order valence-corrected chi connectivity index (χ0v) is 15.5. The SMILES string of the molecule is Cc1cccc(-n2ncc3c2CCC[C@@H]3NC(=O)c2ccc[n+]([O-])c2)c1C. The maximum absolute atomic E-state index is 12.6. The molecule has 0 radical (unpaired) electrons. The molecule has 6 nitrogen and oxygen atoms in total. The van der Waals surface area contributed by atoms with Crippen LogP contribution in [0, 0.1) is 19.1 Å². The molecule has 1 aromatic carbocycles. The zero-order chi connectivity index (χ0) is 19.0. The fraction of sp³-hybridized carbons (Fsp3) is 0.286. The lowest BCUT2D eigenvalue weighted by molar-refractivity contribution is -0.605. The van der Waals surface area contributed by atoms with Crippen LogP contribution >= 0.6 is 0 Å². The van der Waals surface area contributed by atoms with Crippen molar-refractivity contribution in [1.29, 1.82) is 0 Å². The number of hydrogen-bond donors (Lipinski definition) is 1. The minimum atomic E-state index is -0.238. The lowest BCUT2D eigenvalue weighted by Crippen LogP contribution is -2.33. The predicted octanol–water partition coefficient (Wildman–Crippen LogP) is 2.93. The first-order chi connectivity index (χ1) is 13.0. The number of nitrogens with one attached hydrogen (secondary N) is 1. The highest BCUT2D eigenvalue weighted by atomic mass is 16.5. The molecule has 1 amide bonds. The summed E-state index contributed by atoms with van der Waals surface area (Å²) in [6.07, 6.45) is 7.29. The maximum atomic E-state index is 12.6. The number of aromatic nitrogens is 3. The number of rotatable bonds is 3. The largest absolute Gasteiger partial charge is 0.619 e. The molecule has 1 aliphatic rings. The van der Waals surface area contributed by atoms with Crippen molar-refractivity contribution in [3.05, 3.63) is 82.1 Å². The van der Waals surface area contributed by atoms with Crippen molar-refractivity contribution in [3.8, 4) is 5.69 Å². The summed E-state index contributed by atoms with van der Waals surface area (Å²) >= 11 is 0. The Bertz CT molecular complexity index is 1010. The van der Waals surface area contributed by atoms with E-state index in [1.807, 2.05) is 16.9 Å². The summed E-state index contributed by atoms with van der Waals surface area (Å²) in [5.74, 6) is -0.238. The van der Waals surface area contributed by atoms with Gasteiger partial charge >= 0.3 is 0 Å². The van der Waals surface area contributed by atoms with Crippen LogP contribution in [0.25, 0.3) is 5.69 Å². The van der Waals surface area contributed by atoms with E-state index in [0.717, 1.165) is 36.2 Å². The van der Waals surface area contributed by atoms with Gasteiger partial charge in [-0.25, -0.2) is 4.68 Å². The van der Waals surface area contributed by atoms with Gasteiger partial charge in [0, 0.05) is 17.3 Å². The molecule has 1 aliphatic carbocycles. The van der Waals surface area contributed by atoms with Gasteiger partial charge in [-0.15, -0.1) is 0 Å². The van der Waals surface area contributed by atoms with Crippen molar-refractivity contribution in [1.82, 2.24) is 15.1 Å². The average molecular weight is 362 g/mol. The molecular weight excluding hydrogens is 340 g/mol. The van der Waals surface area contributed by atoms with E-state index in [9.17, 15) is 10.0 Å². The number of nitrogens with zero attached hydrogens (tertiary/aromatic N) is 3. The molecule has 27 heavy (non-hydrogen) atoms. The molecule has 6 heteroatoms. The molecule has 2 aromatic heterocycles. The second-order valence-corrected chi connectivity index (χ2v) is 7.05. The van der Waals surface area contributed by atoms with Crippen molar-refractivity contribution < 1.29 is 9.52 Å².